The van der Waals surface area contributed by atoms with Crippen molar-refractivity contribution in [1.29, 1.82) is 0 Å². The summed E-state index contributed by atoms with van der Waals surface area (Å²) < 4.78 is 1.11. The number of hydrogen-bond donors (Lipinski definition) is 0. The molecular weight excluding hydrogens is 396 g/mol. The van der Waals surface area contributed by atoms with Crippen LogP contribution in [0.2, 0.25) is 0 Å². The quantitative estimate of drug-likeness (QED) is 0.599. The minimum absolute atomic E-state index is 0.0680. The number of nitrogens with zero attached hydrogens (tertiary/aromatic N) is 4. The van der Waals surface area contributed by atoms with E-state index in [1.807, 2.05) is 61.5 Å². The van der Waals surface area contributed by atoms with Gasteiger partial charge in [-0.15, -0.1) is 11.3 Å². The summed E-state index contributed by atoms with van der Waals surface area (Å²) in [6.45, 7) is 2.53. The first kappa shape index (κ1) is 20.2. The molecule has 2 heterocycles. The fraction of sp³-hybridized carbons (Fsp3) is 0.304. The molecule has 6 nitrogen and oxygen atoms in total. The van der Waals surface area contributed by atoms with Crippen LogP contribution in [0.25, 0.3) is 10.2 Å². The van der Waals surface area contributed by atoms with Crippen molar-refractivity contribution in [3.05, 3.63) is 65.2 Å². The summed E-state index contributed by atoms with van der Waals surface area (Å²) in [4.78, 5) is 31.5. The highest BCUT2D eigenvalue weighted by Gasteiger charge is 2.24. The summed E-state index contributed by atoms with van der Waals surface area (Å²) in [5.74, 6) is -0.183. The Hall–Kier alpha value is -3.06. The highest BCUT2D eigenvalue weighted by atomic mass is 32.1. The maximum atomic E-state index is 12.7. The Morgan fingerprint density at radius 3 is 2.60 bits per heavy atom. The smallest absolute Gasteiger partial charge is 0.243 e. The van der Waals surface area contributed by atoms with Gasteiger partial charge in [-0.1, -0.05) is 42.5 Å². The first-order valence-corrected chi connectivity index (χ1v) is 10.9. The number of amides is 2. The third kappa shape index (κ3) is 4.26. The molecule has 2 amide bonds. The Bertz CT molecular complexity index is 1060. The Labute approximate surface area is 179 Å². The minimum atomic E-state index is -0.139. The van der Waals surface area contributed by atoms with Crippen molar-refractivity contribution < 1.29 is 9.59 Å². The van der Waals surface area contributed by atoms with Crippen molar-refractivity contribution in [1.82, 2.24) is 14.9 Å². The Balaban J connectivity index is 1.33. The van der Waals surface area contributed by atoms with Crippen molar-refractivity contribution in [2.45, 2.75) is 32.2 Å². The number of hydrazone groups is 1. The van der Waals surface area contributed by atoms with Crippen molar-refractivity contribution in [3.8, 4) is 0 Å². The number of fused-ring (bicyclic) bond motifs is 1. The molecule has 1 aliphatic heterocycles. The van der Waals surface area contributed by atoms with Crippen LogP contribution >= 0.6 is 11.3 Å². The predicted octanol–water partition coefficient (Wildman–Crippen LogP) is 4.23. The number of rotatable bonds is 6. The molecule has 0 saturated heterocycles. The van der Waals surface area contributed by atoms with Crippen LogP contribution in [0.15, 0.2) is 59.7 Å². The molecule has 3 aromatic rings. The monoisotopic (exact) mass is 420 g/mol. The molecule has 1 aromatic heterocycles. The average Bonchev–Trinajstić information content (AvgIpc) is 3.44. The zero-order valence-electron chi connectivity index (χ0n) is 17.1. The van der Waals surface area contributed by atoms with Crippen LogP contribution in [0.5, 0.6) is 0 Å². The molecular formula is C23H24N4O2S. The van der Waals surface area contributed by atoms with Crippen LogP contribution in [0.3, 0.4) is 0 Å². The third-order valence-corrected chi connectivity index (χ3v) is 6.60. The summed E-state index contributed by atoms with van der Waals surface area (Å²) in [7, 11) is 1.77. The van der Waals surface area contributed by atoms with E-state index < -0.39 is 0 Å². The van der Waals surface area contributed by atoms with E-state index in [1.165, 1.54) is 5.01 Å². The minimum Gasteiger partial charge on any atom is -0.337 e. The van der Waals surface area contributed by atoms with Crippen LogP contribution in [-0.2, 0) is 9.59 Å². The molecule has 0 saturated carbocycles. The van der Waals surface area contributed by atoms with E-state index in [0.29, 0.717) is 6.54 Å². The first-order chi connectivity index (χ1) is 14.5. The van der Waals surface area contributed by atoms with E-state index in [9.17, 15) is 9.59 Å². The molecule has 4 rings (SSSR count). The molecule has 1 atom stereocenters. The van der Waals surface area contributed by atoms with Crippen molar-refractivity contribution in [2.75, 3.05) is 13.6 Å². The second kappa shape index (κ2) is 8.75. The molecule has 1 unspecified atom stereocenters. The number of benzene rings is 2. The van der Waals surface area contributed by atoms with Crippen molar-refractivity contribution in [2.24, 2.45) is 5.10 Å². The summed E-state index contributed by atoms with van der Waals surface area (Å²) >= 11 is 1.60. The van der Waals surface area contributed by atoms with Gasteiger partial charge in [-0.25, -0.2) is 9.99 Å². The summed E-state index contributed by atoms with van der Waals surface area (Å²) in [6, 6.07) is 17.7. The SMILES string of the molecule is CC(c1nc2ccccc2s1)N(C)C(=O)CCC(=O)N1CCC(c2ccccc2)=N1. The van der Waals surface area contributed by atoms with E-state index in [0.717, 1.165) is 32.9 Å². The van der Waals surface area contributed by atoms with Crippen LogP contribution < -0.4 is 0 Å². The maximum absolute atomic E-state index is 12.7. The van der Waals surface area contributed by atoms with Crippen molar-refractivity contribution in [3.63, 3.8) is 0 Å². The topological polar surface area (TPSA) is 65.9 Å². The van der Waals surface area contributed by atoms with Gasteiger partial charge in [-0.2, -0.15) is 5.10 Å². The van der Waals surface area contributed by atoms with Gasteiger partial charge in [-0.05, 0) is 24.6 Å². The summed E-state index contributed by atoms with van der Waals surface area (Å²) in [5.41, 5.74) is 2.90. The molecule has 0 N–H and O–H groups in total. The molecule has 7 heteroatoms. The maximum Gasteiger partial charge on any atom is 0.243 e. The third-order valence-electron chi connectivity index (χ3n) is 5.39. The molecule has 154 valence electrons. The van der Waals surface area contributed by atoms with E-state index in [-0.39, 0.29) is 30.7 Å². The Kier molecular flexibility index (Phi) is 5.90. The molecule has 0 aliphatic carbocycles. The van der Waals surface area contributed by atoms with Gasteiger partial charge in [0.2, 0.25) is 11.8 Å². The van der Waals surface area contributed by atoms with Gasteiger partial charge in [0, 0.05) is 26.3 Å². The second-order valence-corrected chi connectivity index (χ2v) is 8.44. The second-order valence-electron chi connectivity index (χ2n) is 7.38. The normalized spacial score (nSPS) is 14.6. The lowest BCUT2D eigenvalue weighted by Crippen LogP contribution is -2.31. The number of aromatic nitrogens is 1. The van der Waals surface area contributed by atoms with Crippen LogP contribution in [0.1, 0.15) is 42.8 Å². The average molecular weight is 421 g/mol. The molecule has 0 spiro atoms. The molecule has 30 heavy (non-hydrogen) atoms. The van der Waals surface area contributed by atoms with Gasteiger partial charge in [-0.3, -0.25) is 9.59 Å². The largest absolute Gasteiger partial charge is 0.337 e. The Morgan fingerprint density at radius 1 is 1.10 bits per heavy atom. The Morgan fingerprint density at radius 2 is 1.83 bits per heavy atom. The lowest BCUT2D eigenvalue weighted by atomic mass is 10.1. The molecule has 0 radical (unpaired) electrons. The number of carbonyl (C=O) groups excluding carboxylic acids is 2. The van der Waals surface area contributed by atoms with Gasteiger partial charge >= 0.3 is 0 Å². The van der Waals surface area contributed by atoms with Gasteiger partial charge in [0.05, 0.1) is 28.5 Å². The molecule has 1 aliphatic rings. The summed E-state index contributed by atoms with van der Waals surface area (Å²) in [5, 5.41) is 6.85. The van der Waals surface area contributed by atoms with E-state index >= 15 is 0 Å². The number of para-hydroxylation sites is 1. The zero-order valence-corrected chi connectivity index (χ0v) is 17.9. The zero-order chi connectivity index (χ0) is 21.1. The van der Waals surface area contributed by atoms with Gasteiger partial charge in [0.1, 0.15) is 5.01 Å². The highest BCUT2D eigenvalue weighted by molar-refractivity contribution is 7.18. The number of hydrogen-bond acceptors (Lipinski definition) is 5. The van der Waals surface area contributed by atoms with Gasteiger partial charge in [0.25, 0.3) is 0 Å². The standard InChI is InChI=1S/C23H24N4O2S/c1-16(23-24-19-10-6-7-11-20(19)30-23)26(2)21(28)12-13-22(29)27-15-14-18(25-27)17-8-4-3-5-9-17/h3-11,16H,12-15H2,1-2H3. The molecule has 0 bridgehead atoms. The van der Waals surface area contributed by atoms with E-state index in [2.05, 4.69) is 10.1 Å². The van der Waals surface area contributed by atoms with Crippen LogP contribution in [0.4, 0.5) is 0 Å². The first-order valence-electron chi connectivity index (χ1n) is 10.1. The number of carbonyl (C=O) groups is 2. The van der Waals surface area contributed by atoms with E-state index in [4.69, 9.17) is 0 Å². The fourth-order valence-corrected chi connectivity index (χ4v) is 4.50. The predicted molar refractivity (Wildman–Crippen MR) is 119 cm³/mol. The number of thiazole rings is 1. The fourth-order valence-electron chi connectivity index (χ4n) is 3.44. The summed E-state index contributed by atoms with van der Waals surface area (Å²) in [6.07, 6.45) is 1.05. The van der Waals surface area contributed by atoms with Crippen molar-refractivity contribution >= 4 is 39.1 Å². The van der Waals surface area contributed by atoms with Gasteiger partial charge in [0.15, 0.2) is 0 Å². The lowest BCUT2D eigenvalue weighted by molar-refractivity contribution is -0.137. The van der Waals surface area contributed by atoms with Crippen LogP contribution in [0, 0.1) is 0 Å². The highest BCUT2D eigenvalue weighted by Crippen LogP contribution is 2.29. The lowest BCUT2D eigenvalue weighted by Gasteiger charge is -2.23. The van der Waals surface area contributed by atoms with Gasteiger partial charge < -0.3 is 4.90 Å². The molecule has 0 fully saturated rings. The molecule has 2 aromatic carbocycles. The van der Waals surface area contributed by atoms with E-state index in [1.54, 1.807) is 23.3 Å². The van der Waals surface area contributed by atoms with Crippen LogP contribution in [-0.4, -0.2) is 46.0 Å².